The molecule has 9 heteroatoms. The third-order valence-corrected chi connectivity index (χ3v) is 5.40. The zero-order valence-corrected chi connectivity index (χ0v) is 18.1. The van der Waals surface area contributed by atoms with Crippen molar-refractivity contribution in [2.24, 2.45) is 12.1 Å². The highest BCUT2D eigenvalue weighted by molar-refractivity contribution is 9.10. The highest BCUT2D eigenvalue weighted by Gasteiger charge is 2.17. The van der Waals surface area contributed by atoms with Crippen LogP contribution in [-0.2, 0) is 7.05 Å². The molecule has 3 rings (SSSR count). The van der Waals surface area contributed by atoms with Crippen LogP contribution in [0.25, 0.3) is 0 Å². The smallest absolute Gasteiger partial charge is 0.293 e. The Hall–Kier alpha value is -3.33. The molecule has 2 aromatic carbocycles. The third-order valence-electron chi connectivity index (χ3n) is 4.45. The zero-order valence-electron chi connectivity index (χ0n) is 16.5. The van der Waals surface area contributed by atoms with E-state index in [1.807, 2.05) is 6.92 Å². The van der Waals surface area contributed by atoms with E-state index in [1.165, 1.54) is 24.3 Å². The van der Waals surface area contributed by atoms with Crippen molar-refractivity contribution in [3.8, 4) is 0 Å². The summed E-state index contributed by atoms with van der Waals surface area (Å²) in [6.07, 6.45) is 0. The number of amides is 2. The lowest BCUT2D eigenvalue weighted by molar-refractivity contribution is 0.0947. The van der Waals surface area contributed by atoms with Gasteiger partial charge in [0, 0.05) is 18.3 Å². The summed E-state index contributed by atoms with van der Waals surface area (Å²) in [6.45, 7) is 3.58. The Kier molecular flexibility index (Phi) is 6.41. The predicted octanol–water partition coefficient (Wildman–Crippen LogP) is 4.04. The Morgan fingerprint density at radius 3 is 2.43 bits per heavy atom. The van der Waals surface area contributed by atoms with E-state index in [1.54, 1.807) is 42.9 Å². The van der Waals surface area contributed by atoms with Gasteiger partial charge in [0.2, 0.25) is 0 Å². The number of aryl methyl sites for hydroxylation is 1. The molecular formula is C21H19BrFN5O2. The molecule has 0 fully saturated rings. The molecule has 0 atom stereocenters. The molecular weight excluding hydrogens is 453 g/mol. The van der Waals surface area contributed by atoms with E-state index in [0.717, 1.165) is 5.69 Å². The fourth-order valence-corrected chi connectivity index (χ4v) is 3.12. The lowest BCUT2D eigenvalue weighted by Gasteiger charge is -2.08. The fourth-order valence-electron chi connectivity index (χ4n) is 2.61. The molecule has 0 aliphatic rings. The highest BCUT2D eigenvalue weighted by atomic mass is 79.9. The van der Waals surface area contributed by atoms with Gasteiger partial charge in [0.15, 0.2) is 5.69 Å². The van der Waals surface area contributed by atoms with E-state index in [0.29, 0.717) is 27.0 Å². The second-order valence-electron chi connectivity index (χ2n) is 6.55. The topological polar surface area (TPSA) is 88.4 Å². The van der Waals surface area contributed by atoms with Crippen molar-refractivity contribution in [1.82, 2.24) is 15.2 Å². The molecule has 3 aromatic rings. The largest absolute Gasteiger partial charge is 0.322 e. The van der Waals surface area contributed by atoms with E-state index in [2.05, 4.69) is 36.9 Å². The molecule has 154 valence electrons. The Balaban J connectivity index is 1.71. The van der Waals surface area contributed by atoms with Gasteiger partial charge in [-0.2, -0.15) is 10.2 Å². The Morgan fingerprint density at radius 1 is 1.10 bits per heavy atom. The summed E-state index contributed by atoms with van der Waals surface area (Å²) in [5.41, 5.74) is 5.71. The average Bonchev–Trinajstić information content (AvgIpc) is 2.99. The van der Waals surface area contributed by atoms with E-state index in [-0.39, 0.29) is 11.6 Å². The van der Waals surface area contributed by atoms with Crippen molar-refractivity contribution in [2.45, 2.75) is 13.8 Å². The third kappa shape index (κ3) is 4.80. The molecule has 2 N–H and O–H groups in total. The molecule has 0 aliphatic heterocycles. The minimum absolute atomic E-state index is 0.242. The molecule has 0 radical (unpaired) electrons. The minimum Gasteiger partial charge on any atom is -0.322 e. The molecule has 0 bridgehead atoms. The van der Waals surface area contributed by atoms with Crippen molar-refractivity contribution in [1.29, 1.82) is 0 Å². The number of hydrogen-bond donors (Lipinski definition) is 2. The monoisotopic (exact) mass is 471 g/mol. The Morgan fingerprint density at radius 2 is 1.80 bits per heavy atom. The predicted molar refractivity (Wildman–Crippen MR) is 116 cm³/mol. The number of benzene rings is 2. The second kappa shape index (κ2) is 9.00. The van der Waals surface area contributed by atoms with Crippen LogP contribution in [0.3, 0.4) is 0 Å². The number of hydrogen-bond acceptors (Lipinski definition) is 4. The SMILES string of the molecule is C/C(=N/NC(=O)c1nn(C)c(C)c1Br)c1cccc(NC(=O)c2ccc(F)cc2)c1. The van der Waals surface area contributed by atoms with Gasteiger partial charge in [0.1, 0.15) is 5.82 Å². The molecule has 1 aromatic heterocycles. The first-order chi connectivity index (χ1) is 14.3. The number of carbonyl (C=O) groups excluding carboxylic acids is 2. The molecule has 0 saturated carbocycles. The van der Waals surface area contributed by atoms with Crippen LogP contribution < -0.4 is 10.7 Å². The summed E-state index contributed by atoms with van der Waals surface area (Å²) in [5, 5.41) is 11.0. The Labute approximate surface area is 181 Å². The molecule has 1 heterocycles. The summed E-state index contributed by atoms with van der Waals surface area (Å²) in [7, 11) is 1.75. The molecule has 0 saturated heterocycles. The number of halogens is 2. The maximum Gasteiger partial charge on any atom is 0.293 e. The van der Waals surface area contributed by atoms with Gasteiger partial charge in [-0.05, 0) is 71.7 Å². The standard InChI is InChI=1S/C21H19BrFN5O2/c1-12(25-26-21(30)19-18(22)13(2)28(3)27-19)15-5-4-6-17(11-15)24-20(29)14-7-9-16(23)10-8-14/h4-11H,1-3H3,(H,24,29)(H,26,30)/b25-12-. The summed E-state index contributed by atoms with van der Waals surface area (Å²) >= 11 is 3.36. The molecule has 0 aliphatic carbocycles. The Bertz CT molecular complexity index is 1140. The number of hydrazone groups is 1. The van der Waals surface area contributed by atoms with Gasteiger partial charge in [-0.15, -0.1) is 0 Å². The number of nitrogens with one attached hydrogen (secondary N) is 2. The maximum atomic E-state index is 13.0. The van der Waals surface area contributed by atoms with Crippen molar-refractivity contribution in [2.75, 3.05) is 5.32 Å². The van der Waals surface area contributed by atoms with Gasteiger partial charge in [-0.25, -0.2) is 9.82 Å². The summed E-state index contributed by atoms with van der Waals surface area (Å²) in [5.74, 6) is -1.20. The summed E-state index contributed by atoms with van der Waals surface area (Å²) in [6, 6.07) is 12.3. The molecule has 0 spiro atoms. The lowest BCUT2D eigenvalue weighted by atomic mass is 10.1. The molecule has 30 heavy (non-hydrogen) atoms. The van der Waals surface area contributed by atoms with Crippen LogP contribution in [0.4, 0.5) is 10.1 Å². The van der Waals surface area contributed by atoms with Gasteiger partial charge >= 0.3 is 0 Å². The average molecular weight is 472 g/mol. The number of nitrogens with zero attached hydrogens (tertiary/aromatic N) is 3. The van der Waals surface area contributed by atoms with Gasteiger partial charge in [-0.1, -0.05) is 12.1 Å². The number of aromatic nitrogens is 2. The zero-order chi connectivity index (χ0) is 21.8. The van der Waals surface area contributed by atoms with E-state index >= 15 is 0 Å². The quantitative estimate of drug-likeness (QED) is 0.434. The second-order valence-corrected chi connectivity index (χ2v) is 7.34. The fraction of sp³-hybridized carbons (Fsp3) is 0.143. The summed E-state index contributed by atoms with van der Waals surface area (Å²) < 4.78 is 15.2. The molecule has 0 unspecified atom stereocenters. The van der Waals surface area contributed by atoms with Crippen molar-refractivity contribution in [3.63, 3.8) is 0 Å². The minimum atomic E-state index is -0.439. The normalized spacial score (nSPS) is 11.3. The van der Waals surface area contributed by atoms with Crippen LogP contribution in [0.2, 0.25) is 0 Å². The van der Waals surface area contributed by atoms with E-state index in [9.17, 15) is 14.0 Å². The van der Waals surface area contributed by atoms with E-state index < -0.39 is 11.7 Å². The first-order valence-corrected chi connectivity index (χ1v) is 9.76. The molecule has 2 amide bonds. The van der Waals surface area contributed by atoms with Crippen molar-refractivity contribution >= 4 is 39.1 Å². The van der Waals surface area contributed by atoms with Crippen molar-refractivity contribution in [3.05, 3.63) is 81.3 Å². The lowest BCUT2D eigenvalue weighted by Crippen LogP contribution is -2.20. The van der Waals surface area contributed by atoms with Crippen LogP contribution in [0.15, 0.2) is 58.1 Å². The number of carbonyl (C=O) groups is 2. The van der Waals surface area contributed by atoms with Gasteiger partial charge in [0.05, 0.1) is 15.9 Å². The van der Waals surface area contributed by atoms with Crippen LogP contribution in [0, 0.1) is 12.7 Å². The summed E-state index contributed by atoms with van der Waals surface area (Å²) in [4.78, 5) is 24.7. The van der Waals surface area contributed by atoms with Crippen LogP contribution in [-0.4, -0.2) is 27.3 Å². The van der Waals surface area contributed by atoms with Crippen LogP contribution in [0.5, 0.6) is 0 Å². The van der Waals surface area contributed by atoms with Gasteiger partial charge in [0.25, 0.3) is 11.8 Å². The van der Waals surface area contributed by atoms with Crippen LogP contribution in [0.1, 0.15) is 39.0 Å². The highest BCUT2D eigenvalue weighted by Crippen LogP contribution is 2.20. The number of rotatable bonds is 5. The number of anilines is 1. The maximum absolute atomic E-state index is 13.0. The van der Waals surface area contributed by atoms with Gasteiger partial charge in [-0.3, -0.25) is 14.3 Å². The van der Waals surface area contributed by atoms with E-state index in [4.69, 9.17) is 0 Å². The van der Waals surface area contributed by atoms with Crippen molar-refractivity contribution < 1.29 is 14.0 Å². The first kappa shape index (κ1) is 21.4. The molecule has 7 nitrogen and oxygen atoms in total. The van der Waals surface area contributed by atoms with Crippen LogP contribution >= 0.6 is 15.9 Å². The first-order valence-electron chi connectivity index (χ1n) is 8.97. The van der Waals surface area contributed by atoms with Gasteiger partial charge < -0.3 is 5.32 Å².